The zero-order valence-corrected chi connectivity index (χ0v) is 9.49. The van der Waals surface area contributed by atoms with Crippen molar-refractivity contribution < 1.29 is 4.74 Å². The highest BCUT2D eigenvalue weighted by atomic mass is 16.5. The van der Waals surface area contributed by atoms with Crippen molar-refractivity contribution in [2.75, 3.05) is 18.5 Å². The molecule has 1 heterocycles. The monoisotopic (exact) mass is 205 g/mol. The zero-order valence-electron chi connectivity index (χ0n) is 9.49. The van der Waals surface area contributed by atoms with Crippen molar-refractivity contribution >= 4 is 5.69 Å². The van der Waals surface area contributed by atoms with E-state index in [9.17, 15) is 0 Å². The second-order valence-corrected chi connectivity index (χ2v) is 4.31. The molecule has 0 aliphatic carbocycles. The molecule has 2 heteroatoms. The summed E-state index contributed by atoms with van der Waals surface area (Å²) in [6, 6.07) is 9.28. The summed E-state index contributed by atoms with van der Waals surface area (Å²) < 4.78 is 5.12. The Morgan fingerprint density at radius 1 is 1.33 bits per heavy atom. The summed E-state index contributed by atoms with van der Waals surface area (Å²) in [5, 5.41) is 3.44. The Morgan fingerprint density at radius 2 is 2.00 bits per heavy atom. The molecule has 1 aliphatic heterocycles. The molecule has 0 radical (unpaired) electrons. The average Bonchev–Trinajstić information content (AvgIpc) is 2.23. The quantitative estimate of drug-likeness (QED) is 0.815. The van der Waals surface area contributed by atoms with Gasteiger partial charge in [-0.15, -0.1) is 0 Å². The van der Waals surface area contributed by atoms with Crippen LogP contribution in [-0.2, 0) is 4.74 Å². The smallest absolute Gasteiger partial charge is 0.0728 e. The number of hydrogen-bond acceptors (Lipinski definition) is 2. The topological polar surface area (TPSA) is 21.3 Å². The van der Waals surface area contributed by atoms with Gasteiger partial charge in [0.1, 0.15) is 0 Å². The van der Waals surface area contributed by atoms with Gasteiger partial charge in [-0.2, -0.15) is 0 Å². The van der Waals surface area contributed by atoms with Gasteiger partial charge >= 0.3 is 0 Å². The first-order chi connectivity index (χ1) is 7.29. The number of nitrogens with one attached hydrogen (secondary N) is 1. The van der Waals surface area contributed by atoms with Crippen molar-refractivity contribution in [2.24, 2.45) is 0 Å². The Morgan fingerprint density at radius 3 is 2.47 bits per heavy atom. The van der Waals surface area contributed by atoms with E-state index < -0.39 is 0 Å². The average molecular weight is 205 g/mol. The molecule has 82 valence electrons. The first-order valence-electron chi connectivity index (χ1n) is 5.74. The fraction of sp³-hybridized carbons (Fsp3) is 0.538. The van der Waals surface area contributed by atoms with Crippen LogP contribution in [0.5, 0.6) is 0 Å². The van der Waals surface area contributed by atoms with Crippen molar-refractivity contribution in [1.29, 1.82) is 0 Å². The Labute approximate surface area is 91.6 Å². The molecule has 1 fully saturated rings. The first-order valence-corrected chi connectivity index (χ1v) is 5.74. The minimum Gasteiger partial charge on any atom is -0.378 e. The SMILES string of the molecule is CCC(C)c1ccc(NC2COC2)cc1. The molecule has 1 saturated heterocycles. The summed E-state index contributed by atoms with van der Waals surface area (Å²) >= 11 is 0. The van der Waals surface area contributed by atoms with Gasteiger partial charge in [0.2, 0.25) is 0 Å². The molecule has 0 bridgehead atoms. The molecule has 1 atom stereocenters. The van der Waals surface area contributed by atoms with E-state index >= 15 is 0 Å². The molecule has 1 unspecified atom stereocenters. The summed E-state index contributed by atoms with van der Waals surface area (Å²) in [4.78, 5) is 0. The number of ether oxygens (including phenoxy) is 1. The number of hydrogen-bond donors (Lipinski definition) is 1. The van der Waals surface area contributed by atoms with Crippen LogP contribution in [0.4, 0.5) is 5.69 Å². The zero-order chi connectivity index (χ0) is 10.7. The van der Waals surface area contributed by atoms with E-state index in [-0.39, 0.29) is 0 Å². The maximum atomic E-state index is 5.12. The lowest BCUT2D eigenvalue weighted by Crippen LogP contribution is -2.40. The van der Waals surface area contributed by atoms with Gasteiger partial charge in [-0.3, -0.25) is 0 Å². The molecule has 2 nitrogen and oxygen atoms in total. The number of anilines is 1. The van der Waals surface area contributed by atoms with E-state index in [0.717, 1.165) is 13.2 Å². The Balaban J connectivity index is 1.96. The van der Waals surface area contributed by atoms with Crippen LogP contribution < -0.4 is 5.32 Å². The van der Waals surface area contributed by atoms with E-state index in [1.807, 2.05) is 0 Å². The molecule has 0 aromatic heterocycles. The Kier molecular flexibility index (Phi) is 3.27. The molecular weight excluding hydrogens is 186 g/mol. The molecule has 1 aromatic carbocycles. The van der Waals surface area contributed by atoms with E-state index in [2.05, 4.69) is 43.4 Å². The number of rotatable bonds is 4. The highest BCUT2D eigenvalue weighted by Gasteiger charge is 2.17. The van der Waals surface area contributed by atoms with Crippen LogP contribution in [0.15, 0.2) is 24.3 Å². The van der Waals surface area contributed by atoms with Crippen molar-refractivity contribution in [3.8, 4) is 0 Å². The van der Waals surface area contributed by atoms with Gasteiger partial charge in [-0.25, -0.2) is 0 Å². The van der Waals surface area contributed by atoms with Gasteiger partial charge in [0.25, 0.3) is 0 Å². The summed E-state index contributed by atoms with van der Waals surface area (Å²) in [5.74, 6) is 0.658. The molecule has 0 saturated carbocycles. The third kappa shape index (κ3) is 2.51. The molecular formula is C13H19NO. The van der Waals surface area contributed by atoms with E-state index in [1.165, 1.54) is 17.7 Å². The highest BCUT2D eigenvalue weighted by Crippen LogP contribution is 2.21. The van der Waals surface area contributed by atoms with Crippen LogP contribution >= 0.6 is 0 Å². The summed E-state index contributed by atoms with van der Waals surface area (Å²) in [6.07, 6.45) is 1.20. The predicted octanol–water partition coefficient (Wildman–Crippen LogP) is 3.01. The van der Waals surface area contributed by atoms with Crippen LogP contribution in [0.1, 0.15) is 31.7 Å². The summed E-state index contributed by atoms with van der Waals surface area (Å²) in [7, 11) is 0. The van der Waals surface area contributed by atoms with Crippen LogP contribution in [-0.4, -0.2) is 19.3 Å². The normalized spacial score (nSPS) is 18.3. The van der Waals surface area contributed by atoms with Gasteiger partial charge in [-0.05, 0) is 30.0 Å². The minimum atomic E-state index is 0.513. The van der Waals surface area contributed by atoms with E-state index in [4.69, 9.17) is 4.74 Å². The molecule has 1 aromatic rings. The number of benzene rings is 1. The third-order valence-electron chi connectivity index (χ3n) is 3.10. The van der Waals surface area contributed by atoms with Crippen LogP contribution in [0.25, 0.3) is 0 Å². The predicted molar refractivity (Wildman–Crippen MR) is 63.4 cm³/mol. The van der Waals surface area contributed by atoms with E-state index in [0.29, 0.717) is 12.0 Å². The van der Waals surface area contributed by atoms with Gasteiger partial charge in [0.05, 0.1) is 19.3 Å². The fourth-order valence-electron chi connectivity index (χ4n) is 1.70. The minimum absolute atomic E-state index is 0.513. The fourth-order valence-corrected chi connectivity index (χ4v) is 1.70. The first kappa shape index (κ1) is 10.5. The largest absolute Gasteiger partial charge is 0.378 e. The second kappa shape index (κ2) is 4.67. The van der Waals surface area contributed by atoms with Gasteiger partial charge < -0.3 is 10.1 Å². The Hall–Kier alpha value is -1.02. The van der Waals surface area contributed by atoms with Crippen LogP contribution in [0, 0.1) is 0 Å². The van der Waals surface area contributed by atoms with Gasteiger partial charge in [0, 0.05) is 5.69 Å². The maximum absolute atomic E-state index is 5.12. The highest BCUT2D eigenvalue weighted by molar-refractivity contribution is 5.46. The van der Waals surface area contributed by atoms with Gasteiger partial charge in [-0.1, -0.05) is 26.0 Å². The van der Waals surface area contributed by atoms with Crippen molar-refractivity contribution in [3.63, 3.8) is 0 Å². The lowest BCUT2D eigenvalue weighted by atomic mass is 9.98. The van der Waals surface area contributed by atoms with Gasteiger partial charge in [0.15, 0.2) is 0 Å². The second-order valence-electron chi connectivity index (χ2n) is 4.31. The van der Waals surface area contributed by atoms with Crippen LogP contribution in [0.2, 0.25) is 0 Å². The van der Waals surface area contributed by atoms with Crippen LogP contribution in [0.3, 0.4) is 0 Å². The Bertz CT molecular complexity index is 303. The summed E-state index contributed by atoms with van der Waals surface area (Å²) in [5.41, 5.74) is 2.63. The third-order valence-corrected chi connectivity index (χ3v) is 3.10. The molecule has 1 N–H and O–H groups in total. The molecule has 2 rings (SSSR count). The molecule has 0 spiro atoms. The molecule has 1 aliphatic rings. The maximum Gasteiger partial charge on any atom is 0.0728 e. The lowest BCUT2D eigenvalue weighted by molar-refractivity contribution is 0.0211. The van der Waals surface area contributed by atoms with Crippen molar-refractivity contribution in [1.82, 2.24) is 0 Å². The lowest BCUT2D eigenvalue weighted by Gasteiger charge is -2.28. The molecule has 15 heavy (non-hydrogen) atoms. The molecule has 0 amide bonds. The van der Waals surface area contributed by atoms with E-state index in [1.54, 1.807) is 0 Å². The summed E-state index contributed by atoms with van der Waals surface area (Å²) in [6.45, 7) is 6.17. The van der Waals surface area contributed by atoms with Crippen molar-refractivity contribution in [2.45, 2.75) is 32.2 Å². The standard InChI is InChI=1S/C13H19NO/c1-3-10(2)11-4-6-12(7-5-11)14-13-8-15-9-13/h4-7,10,13-14H,3,8-9H2,1-2H3. The van der Waals surface area contributed by atoms with Crippen molar-refractivity contribution in [3.05, 3.63) is 29.8 Å².